The van der Waals surface area contributed by atoms with Gasteiger partial charge >= 0.3 is 6.09 Å². The lowest BCUT2D eigenvalue weighted by Gasteiger charge is -2.21. The standard InChI is InChI=1S/C16H21ClN2O2/c1-10(19-15(20)21-16(2,3)4)7-11-9-18-14-6-5-12(17)8-13(11)14/h5-6,8-10,18H,7H2,1-4H3,(H,19,20)/t10-/m0/s1. The van der Waals surface area contributed by atoms with Crippen molar-refractivity contribution in [1.82, 2.24) is 10.3 Å². The molecule has 0 aliphatic heterocycles. The van der Waals surface area contributed by atoms with Crippen molar-refractivity contribution in [3.63, 3.8) is 0 Å². The fraction of sp³-hybridized carbons (Fsp3) is 0.438. The largest absolute Gasteiger partial charge is 0.444 e. The smallest absolute Gasteiger partial charge is 0.407 e. The summed E-state index contributed by atoms with van der Waals surface area (Å²) in [6.07, 6.45) is 2.27. The van der Waals surface area contributed by atoms with Crippen LogP contribution >= 0.6 is 11.6 Å². The van der Waals surface area contributed by atoms with Crippen molar-refractivity contribution >= 4 is 28.6 Å². The molecule has 4 nitrogen and oxygen atoms in total. The molecule has 1 aromatic carbocycles. The first-order valence-electron chi connectivity index (χ1n) is 6.99. The zero-order valence-corrected chi connectivity index (χ0v) is 13.5. The molecule has 21 heavy (non-hydrogen) atoms. The van der Waals surface area contributed by atoms with Gasteiger partial charge < -0.3 is 15.0 Å². The summed E-state index contributed by atoms with van der Waals surface area (Å²) in [5.74, 6) is 0. The maximum absolute atomic E-state index is 11.8. The SMILES string of the molecule is C[C@@H](Cc1c[nH]c2ccc(Cl)cc12)NC(=O)OC(C)(C)C. The molecule has 1 heterocycles. The van der Waals surface area contributed by atoms with Crippen molar-refractivity contribution in [2.45, 2.75) is 45.8 Å². The molecule has 1 aromatic heterocycles. The van der Waals surface area contributed by atoms with E-state index in [4.69, 9.17) is 16.3 Å². The maximum atomic E-state index is 11.8. The maximum Gasteiger partial charge on any atom is 0.407 e. The number of halogens is 1. The molecule has 0 bridgehead atoms. The van der Waals surface area contributed by atoms with E-state index in [0.717, 1.165) is 16.5 Å². The van der Waals surface area contributed by atoms with Gasteiger partial charge in [0.15, 0.2) is 0 Å². The van der Waals surface area contributed by atoms with Crippen LogP contribution in [0.25, 0.3) is 10.9 Å². The second kappa shape index (κ2) is 5.98. The molecule has 1 amide bonds. The van der Waals surface area contributed by atoms with Crippen molar-refractivity contribution < 1.29 is 9.53 Å². The molecule has 0 aliphatic rings. The van der Waals surface area contributed by atoms with Crippen LogP contribution in [0.15, 0.2) is 24.4 Å². The quantitative estimate of drug-likeness (QED) is 0.889. The minimum atomic E-state index is -0.488. The van der Waals surface area contributed by atoms with Gasteiger partial charge in [-0.25, -0.2) is 4.79 Å². The number of fused-ring (bicyclic) bond motifs is 1. The van der Waals surface area contributed by atoms with Gasteiger partial charge in [-0.05, 0) is 57.9 Å². The van der Waals surface area contributed by atoms with Gasteiger partial charge in [0, 0.05) is 28.2 Å². The molecule has 5 heteroatoms. The molecule has 0 saturated carbocycles. The molecule has 2 N–H and O–H groups in total. The molecule has 2 rings (SSSR count). The fourth-order valence-electron chi connectivity index (χ4n) is 2.21. The molecule has 0 aliphatic carbocycles. The van der Waals surface area contributed by atoms with Gasteiger partial charge in [0.05, 0.1) is 0 Å². The number of hydrogen-bond donors (Lipinski definition) is 2. The van der Waals surface area contributed by atoms with Crippen molar-refractivity contribution in [3.8, 4) is 0 Å². The molecule has 2 aromatic rings. The summed E-state index contributed by atoms with van der Waals surface area (Å²) < 4.78 is 5.26. The lowest BCUT2D eigenvalue weighted by atomic mass is 10.1. The van der Waals surface area contributed by atoms with Crippen molar-refractivity contribution in [2.75, 3.05) is 0 Å². The monoisotopic (exact) mass is 308 g/mol. The van der Waals surface area contributed by atoms with E-state index in [2.05, 4.69) is 10.3 Å². The van der Waals surface area contributed by atoms with Crippen LogP contribution < -0.4 is 5.32 Å². The van der Waals surface area contributed by atoms with Gasteiger partial charge in [-0.2, -0.15) is 0 Å². The molecule has 0 radical (unpaired) electrons. The zero-order chi connectivity index (χ0) is 15.6. The normalized spacial score (nSPS) is 13.2. The van der Waals surface area contributed by atoms with Crippen LogP contribution in [0.3, 0.4) is 0 Å². The molecule has 114 valence electrons. The highest BCUT2D eigenvalue weighted by Crippen LogP contribution is 2.23. The number of H-pyrrole nitrogens is 1. The number of ether oxygens (including phenoxy) is 1. The Bertz CT molecular complexity index is 643. The van der Waals surface area contributed by atoms with E-state index in [1.54, 1.807) is 0 Å². The van der Waals surface area contributed by atoms with Crippen molar-refractivity contribution in [1.29, 1.82) is 0 Å². The summed E-state index contributed by atoms with van der Waals surface area (Å²) >= 11 is 6.04. The summed E-state index contributed by atoms with van der Waals surface area (Å²) in [7, 11) is 0. The fourth-order valence-corrected chi connectivity index (χ4v) is 2.38. The van der Waals surface area contributed by atoms with E-state index >= 15 is 0 Å². The third-order valence-electron chi connectivity index (χ3n) is 3.02. The Hall–Kier alpha value is -1.68. The lowest BCUT2D eigenvalue weighted by Crippen LogP contribution is -2.38. The van der Waals surface area contributed by atoms with Gasteiger partial charge in [-0.15, -0.1) is 0 Å². The van der Waals surface area contributed by atoms with Crippen LogP contribution in [-0.4, -0.2) is 22.7 Å². The highest BCUT2D eigenvalue weighted by molar-refractivity contribution is 6.31. The van der Waals surface area contributed by atoms with Gasteiger partial charge in [-0.3, -0.25) is 0 Å². The van der Waals surface area contributed by atoms with Crippen LogP contribution in [0, 0.1) is 0 Å². The number of benzene rings is 1. The first kappa shape index (κ1) is 15.7. The molecular weight excluding hydrogens is 288 g/mol. The van der Waals surface area contributed by atoms with Gasteiger partial charge in [0.1, 0.15) is 5.60 Å². The Kier molecular flexibility index (Phi) is 4.47. The number of hydrogen-bond acceptors (Lipinski definition) is 2. The number of carbonyl (C=O) groups excluding carboxylic acids is 1. The minimum absolute atomic E-state index is 0.0298. The molecule has 0 fully saturated rings. The topological polar surface area (TPSA) is 54.1 Å². The Balaban J connectivity index is 2.03. The number of alkyl carbamates (subject to hydrolysis) is 1. The average molecular weight is 309 g/mol. The zero-order valence-electron chi connectivity index (χ0n) is 12.8. The molecule has 0 unspecified atom stereocenters. The number of amides is 1. The predicted molar refractivity (Wildman–Crippen MR) is 85.8 cm³/mol. The van der Waals surface area contributed by atoms with E-state index in [0.29, 0.717) is 11.4 Å². The Labute approximate surface area is 129 Å². The van der Waals surface area contributed by atoms with E-state index in [-0.39, 0.29) is 6.04 Å². The van der Waals surface area contributed by atoms with Crippen molar-refractivity contribution in [2.24, 2.45) is 0 Å². The van der Waals surface area contributed by atoms with Crippen LogP contribution in [0.4, 0.5) is 4.79 Å². The molecule has 1 atom stereocenters. The minimum Gasteiger partial charge on any atom is -0.444 e. The van der Waals surface area contributed by atoms with Gasteiger partial charge in [0.2, 0.25) is 0 Å². The average Bonchev–Trinajstić information content (AvgIpc) is 2.69. The third-order valence-corrected chi connectivity index (χ3v) is 3.25. The lowest BCUT2D eigenvalue weighted by molar-refractivity contribution is 0.0508. The second-order valence-corrected chi connectivity index (χ2v) is 6.69. The van der Waals surface area contributed by atoms with Crippen LogP contribution in [-0.2, 0) is 11.2 Å². The highest BCUT2D eigenvalue weighted by atomic mass is 35.5. The van der Waals surface area contributed by atoms with Gasteiger partial charge in [0.25, 0.3) is 0 Å². The number of rotatable bonds is 3. The third kappa shape index (κ3) is 4.39. The Morgan fingerprint density at radius 2 is 2.14 bits per heavy atom. The molecule has 0 spiro atoms. The first-order valence-corrected chi connectivity index (χ1v) is 7.37. The number of aromatic nitrogens is 1. The molecular formula is C16H21ClN2O2. The highest BCUT2D eigenvalue weighted by Gasteiger charge is 2.18. The summed E-state index contributed by atoms with van der Waals surface area (Å²) in [6.45, 7) is 7.49. The summed E-state index contributed by atoms with van der Waals surface area (Å²) in [4.78, 5) is 15.0. The van der Waals surface area contributed by atoms with E-state index in [9.17, 15) is 4.79 Å². The number of nitrogens with one attached hydrogen (secondary N) is 2. The van der Waals surface area contributed by atoms with Crippen LogP contribution in [0.5, 0.6) is 0 Å². The number of carbonyl (C=O) groups is 1. The van der Waals surface area contributed by atoms with E-state index in [1.165, 1.54) is 0 Å². The van der Waals surface area contributed by atoms with Crippen molar-refractivity contribution in [3.05, 3.63) is 35.0 Å². The Morgan fingerprint density at radius 1 is 1.43 bits per heavy atom. The van der Waals surface area contributed by atoms with Crippen LogP contribution in [0.1, 0.15) is 33.3 Å². The van der Waals surface area contributed by atoms with E-state index < -0.39 is 11.7 Å². The first-order chi connectivity index (χ1) is 9.74. The predicted octanol–water partition coefficient (Wildman–Crippen LogP) is 4.28. The summed E-state index contributed by atoms with van der Waals surface area (Å²) in [5.41, 5.74) is 1.67. The van der Waals surface area contributed by atoms with E-state index in [1.807, 2.05) is 52.1 Å². The molecule has 0 saturated heterocycles. The summed E-state index contributed by atoms with van der Waals surface area (Å²) in [5, 5.41) is 4.63. The Morgan fingerprint density at radius 3 is 2.81 bits per heavy atom. The summed E-state index contributed by atoms with van der Waals surface area (Å²) in [6, 6.07) is 5.71. The van der Waals surface area contributed by atoms with Gasteiger partial charge in [-0.1, -0.05) is 11.6 Å². The second-order valence-electron chi connectivity index (χ2n) is 6.26. The van der Waals surface area contributed by atoms with Crippen LogP contribution in [0.2, 0.25) is 5.02 Å². The number of aromatic amines is 1.